The third-order valence-corrected chi connectivity index (χ3v) is 3.06. The van der Waals surface area contributed by atoms with Gasteiger partial charge in [-0.05, 0) is 29.8 Å². The van der Waals surface area contributed by atoms with E-state index >= 15 is 0 Å². The molecule has 3 heteroatoms. The maximum absolute atomic E-state index is 5.23. The van der Waals surface area contributed by atoms with Crippen molar-refractivity contribution in [3.05, 3.63) is 63.3 Å². The highest BCUT2D eigenvalue weighted by atomic mass is 79.9. The fraction of sp³-hybridized carbons (Fsp3) is 0.0833. The fourth-order valence-electron chi connectivity index (χ4n) is 1.38. The molecule has 0 saturated carbocycles. The summed E-state index contributed by atoms with van der Waals surface area (Å²) in [5.41, 5.74) is 1.25. The van der Waals surface area contributed by atoms with Crippen LogP contribution < -0.4 is 0 Å². The van der Waals surface area contributed by atoms with E-state index in [-0.39, 0.29) is 0 Å². The first-order chi connectivity index (χ1) is 7.25. The van der Waals surface area contributed by atoms with Crippen molar-refractivity contribution in [2.24, 2.45) is 0 Å². The van der Waals surface area contributed by atoms with Crippen LogP contribution in [-0.2, 0) is 6.54 Å². The maximum Gasteiger partial charge on any atom is 0.106 e. The van der Waals surface area contributed by atoms with Gasteiger partial charge >= 0.3 is 0 Å². The lowest BCUT2D eigenvalue weighted by Gasteiger charge is -2.06. The molecule has 76 valence electrons. The first-order valence-corrected chi connectivity index (χ1v) is 5.86. The van der Waals surface area contributed by atoms with Gasteiger partial charge in [-0.3, -0.25) is 0 Å². The van der Waals surface area contributed by atoms with Crippen molar-refractivity contribution in [1.82, 2.24) is 4.57 Å². The smallest absolute Gasteiger partial charge is 0.106 e. The molecule has 1 nitrogen and oxygen atoms in total. The summed E-state index contributed by atoms with van der Waals surface area (Å²) in [5, 5.41) is 0. The van der Waals surface area contributed by atoms with Gasteiger partial charge in [-0.25, -0.2) is 0 Å². The highest BCUT2D eigenvalue weighted by molar-refractivity contribution is 9.10. The molecule has 0 atom stereocenters. The standard InChI is InChI=1S/C12H10BrNS/c13-11-6-4-10(5-7-11)9-14-8-2-1-3-12(14)15/h1-8H,9H2. The van der Waals surface area contributed by atoms with Crippen LogP contribution in [0.15, 0.2) is 53.1 Å². The Hall–Kier alpha value is -0.930. The number of pyridine rings is 1. The first-order valence-electron chi connectivity index (χ1n) is 4.65. The number of nitrogens with zero attached hydrogens (tertiary/aromatic N) is 1. The molecule has 0 saturated heterocycles. The van der Waals surface area contributed by atoms with Crippen LogP contribution in [0, 0.1) is 4.64 Å². The van der Waals surface area contributed by atoms with Crippen LogP contribution in [0.25, 0.3) is 0 Å². The molecule has 0 fully saturated rings. The summed E-state index contributed by atoms with van der Waals surface area (Å²) >= 11 is 8.65. The minimum Gasteiger partial charge on any atom is -0.335 e. The van der Waals surface area contributed by atoms with E-state index in [1.54, 1.807) is 0 Å². The molecule has 1 aromatic heterocycles. The lowest BCUT2D eigenvalue weighted by molar-refractivity contribution is 0.779. The number of hydrogen-bond donors (Lipinski definition) is 0. The molecule has 0 aliphatic heterocycles. The van der Waals surface area contributed by atoms with Crippen molar-refractivity contribution in [3.63, 3.8) is 0 Å². The Labute approximate surface area is 103 Å². The SMILES string of the molecule is S=c1ccccn1Cc1ccc(Br)cc1. The van der Waals surface area contributed by atoms with E-state index in [1.807, 2.05) is 36.5 Å². The molecular formula is C12H10BrNS. The molecule has 2 aromatic rings. The third kappa shape index (κ3) is 2.76. The Balaban J connectivity index is 2.26. The lowest BCUT2D eigenvalue weighted by atomic mass is 10.2. The molecule has 1 aromatic carbocycles. The molecular weight excluding hydrogens is 270 g/mol. The van der Waals surface area contributed by atoms with Crippen LogP contribution in [0.2, 0.25) is 0 Å². The molecule has 0 amide bonds. The van der Waals surface area contributed by atoms with Crippen LogP contribution in [-0.4, -0.2) is 4.57 Å². The molecule has 0 bridgehead atoms. The van der Waals surface area contributed by atoms with E-state index < -0.39 is 0 Å². The summed E-state index contributed by atoms with van der Waals surface area (Å²) in [7, 11) is 0. The third-order valence-electron chi connectivity index (χ3n) is 2.17. The van der Waals surface area contributed by atoms with E-state index in [4.69, 9.17) is 12.2 Å². The van der Waals surface area contributed by atoms with Gasteiger partial charge in [0.15, 0.2) is 0 Å². The summed E-state index contributed by atoms with van der Waals surface area (Å²) in [6, 6.07) is 14.2. The predicted molar refractivity (Wildman–Crippen MR) is 68.5 cm³/mol. The average Bonchev–Trinajstić information content (AvgIpc) is 2.25. The van der Waals surface area contributed by atoms with Crippen molar-refractivity contribution < 1.29 is 0 Å². The van der Waals surface area contributed by atoms with Gasteiger partial charge in [-0.2, -0.15) is 0 Å². The van der Waals surface area contributed by atoms with E-state index in [0.29, 0.717) is 0 Å². The molecule has 1 heterocycles. The van der Waals surface area contributed by atoms with Gasteiger partial charge in [-0.15, -0.1) is 0 Å². The zero-order valence-corrected chi connectivity index (χ0v) is 10.5. The summed E-state index contributed by atoms with van der Waals surface area (Å²) in [5.74, 6) is 0. The van der Waals surface area contributed by atoms with Crippen molar-refractivity contribution >= 4 is 28.1 Å². The summed E-state index contributed by atoms with van der Waals surface area (Å²) in [6.07, 6.45) is 2.00. The minimum absolute atomic E-state index is 0.826. The number of hydrogen-bond acceptors (Lipinski definition) is 1. The van der Waals surface area contributed by atoms with Crippen molar-refractivity contribution in [2.75, 3.05) is 0 Å². The van der Waals surface area contributed by atoms with Crippen LogP contribution in [0.4, 0.5) is 0 Å². The Bertz CT molecular complexity index is 502. The number of benzene rings is 1. The molecule has 0 aliphatic carbocycles. The van der Waals surface area contributed by atoms with Gasteiger partial charge in [0, 0.05) is 17.2 Å². The number of halogens is 1. The second-order valence-corrected chi connectivity index (χ2v) is 4.63. The largest absolute Gasteiger partial charge is 0.335 e. The van der Waals surface area contributed by atoms with E-state index in [9.17, 15) is 0 Å². The molecule has 2 rings (SSSR count). The Morgan fingerprint density at radius 1 is 1.07 bits per heavy atom. The predicted octanol–water partition coefficient (Wildman–Crippen LogP) is 4.03. The zero-order chi connectivity index (χ0) is 10.7. The average molecular weight is 280 g/mol. The van der Waals surface area contributed by atoms with Gasteiger partial charge in [-0.1, -0.05) is 46.3 Å². The summed E-state index contributed by atoms with van der Waals surface area (Å²) in [4.78, 5) is 0. The summed E-state index contributed by atoms with van der Waals surface area (Å²) < 4.78 is 4.02. The first kappa shape index (κ1) is 10.6. The Morgan fingerprint density at radius 3 is 2.47 bits per heavy atom. The number of rotatable bonds is 2. The lowest BCUT2D eigenvalue weighted by Crippen LogP contribution is -2.00. The molecule has 15 heavy (non-hydrogen) atoms. The second-order valence-electron chi connectivity index (χ2n) is 3.29. The van der Waals surface area contributed by atoms with E-state index in [0.717, 1.165) is 15.7 Å². The van der Waals surface area contributed by atoms with Gasteiger partial charge in [0.2, 0.25) is 0 Å². The fourth-order valence-corrected chi connectivity index (χ4v) is 1.85. The van der Waals surface area contributed by atoms with E-state index in [2.05, 4.69) is 32.6 Å². The monoisotopic (exact) mass is 279 g/mol. The van der Waals surface area contributed by atoms with E-state index in [1.165, 1.54) is 5.56 Å². The van der Waals surface area contributed by atoms with Crippen molar-refractivity contribution in [2.45, 2.75) is 6.54 Å². The molecule has 0 N–H and O–H groups in total. The Kier molecular flexibility index (Phi) is 3.34. The summed E-state index contributed by atoms with van der Waals surface area (Å²) in [6.45, 7) is 0.826. The van der Waals surface area contributed by atoms with Crippen LogP contribution >= 0.6 is 28.1 Å². The van der Waals surface area contributed by atoms with Gasteiger partial charge in [0.1, 0.15) is 4.64 Å². The quantitative estimate of drug-likeness (QED) is 0.752. The molecule has 0 unspecified atom stereocenters. The normalized spacial score (nSPS) is 10.2. The Morgan fingerprint density at radius 2 is 1.80 bits per heavy atom. The highest BCUT2D eigenvalue weighted by Gasteiger charge is 1.94. The minimum atomic E-state index is 0.826. The van der Waals surface area contributed by atoms with Crippen molar-refractivity contribution in [3.8, 4) is 0 Å². The molecule has 0 radical (unpaired) electrons. The highest BCUT2D eigenvalue weighted by Crippen LogP contribution is 2.11. The van der Waals surface area contributed by atoms with Crippen LogP contribution in [0.3, 0.4) is 0 Å². The van der Waals surface area contributed by atoms with Crippen molar-refractivity contribution in [1.29, 1.82) is 0 Å². The van der Waals surface area contributed by atoms with Gasteiger partial charge in [0.25, 0.3) is 0 Å². The maximum atomic E-state index is 5.23. The van der Waals surface area contributed by atoms with Crippen LogP contribution in [0.5, 0.6) is 0 Å². The number of aromatic nitrogens is 1. The van der Waals surface area contributed by atoms with Crippen LogP contribution in [0.1, 0.15) is 5.56 Å². The molecule has 0 spiro atoms. The van der Waals surface area contributed by atoms with Gasteiger partial charge < -0.3 is 4.57 Å². The zero-order valence-electron chi connectivity index (χ0n) is 8.06. The second kappa shape index (κ2) is 4.73. The van der Waals surface area contributed by atoms with Gasteiger partial charge in [0.05, 0.1) is 0 Å². The topological polar surface area (TPSA) is 4.93 Å². The molecule has 0 aliphatic rings.